The number of rotatable bonds is 5. The monoisotopic (exact) mass is 386 g/mol. The van der Waals surface area contributed by atoms with Crippen molar-refractivity contribution in [2.45, 2.75) is 32.7 Å². The molecule has 0 saturated carbocycles. The Bertz CT molecular complexity index is 862. The SMILES string of the molecule is CN=C(NCc1ccc(-n2ccnc2C)c(F)c1)N1CCCC(CC(N)=O)C1. The number of imidazole rings is 1. The lowest BCUT2D eigenvalue weighted by molar-refractivity contribution is -0.119. The van der Waals surface area contributed by atoms with E-state index in [0.717, 1.165) is 43.3 Å². The Labute approximate surface area is 164 Å². The third-order valence-corrected chi connectivity index (χ3v) is 5.07. The molecule has 150 valence electrons. The van der Waals surface area contributed by atoms with E-state index < -0.39 is 0 Å². The molecule has 7 nitrogen and oxygen atoms in total. The number of halogens is 1. The van der Waals surface area contributed by atoms with Gasteiger partial charge in [0.15, 0.2) is 5.96 Å². The van der Waals surface area contributed by atoms with Crippen LogP contribution in [0.15, 0.2) is 35.6 Å². The molecule has 0 spiro atoms. The highest BCUT2D eigenvalue weighted by atomic mass is 19.1. The van der Waals surface area contributed by atoms with Gasteiger partial charge in [-0.3, -0.25) is 9.79 Å². The summed E-state index contributed by atoms with van der Waals surface area (Å²) in [7, 11) is 1.73. The fourth-order valence-corrected chi connectivity index (χ4v) is 3.71. The molecule has 1 aliphatic rings. The number of amides is 1. The average Bonchev–Trinajstić information content (AvgIpc) is 3.08. The van der Waals surface area contributed by atoms with Gasteiger partial charge < -0.3 is 20.5 Å². The third-order valence-electron chi connectivity index (χ3n) is 5.07. The van der Waals surface area contributed by atoms with Crippen LogP contribution in [0.25, 0.3) is 5.69 Å². The van der Waals surface area contributed by atoms with Gasteiger partial charge in [-0.2, -0.15) is 0 Å². The van der Waals surface area contributed by atoms with Crippen molar-refractivity contribution in [1.82, 2.24) is 19.8 Å². The van der Waals surface area contributed by atoms with Crippen LogP contribution in [-0.4, -0.2) is 46.5 Å². The molecule has 1 atom stereocenters. The molecule has 1 aromatic heterocycles. The number of nitrogens with two attached hydrogens (primary N) is 1. The van der Waals surface area contributed by atoms with Gasteiger partial charge in [-0.1, -0.05) is 6.07 Å². The molecule has 3 rings (SSSR count). The first-order valence-corrected chi connectivity index (χ1v) is 9.50. The molecule has 8 heteroatoms. The molecular formula is C20H27FN6O. The number of guanidine groups is 1. The minimum Gasteiger partial charge on any atom is -0.370 e. The highest BCUT2D eigenvalue weighted by Crippen LogP contribution is 2.20. The normalized spacial score (nSPS) is 17.6. The number of carbonyl (C=O) groups excluding carboxylic acids is 1. The smallest absolute Gasteiger partial charge is 0.217 e. The summed E-state index contributed by atoms with van der Waals surface area (Å²) >= 11 is 0. The van der Waals surface area contributed by atoms with Crippen LogP contribution in [0.5, 0.6) is 0 Å². The van der Waals surface area contributed by atoms with E-state index >= 15 is 0 Å². The lowest BCUT2D eigenvalue weighted by Gasteiger charge is -2.34. The standard InChI is InChI=1S/C20H27FN6O/c1-14-24-7-9-27(14)18-6-5-15(10-17(18)21)12-25-20(23-2)26-8-3-4-16(13-26)11-19(22)28/h5-7,9-10,16H,3-4,8,11-13H2,1-2H3,(H2,22,28)(H,23,25). The Kier molecular flexibility index (Phi) is 6.28. The van der Waals surface area contributed by atoms with E-state index in [1.165, 1.54) is 6.07 Å². The zero-order chi connectivity index (χ0) is 20.1. The zero-order valence-corrected chi connectivity index (χ0v) is 16.4. The van der Waals surface area contributed by atoms with Gasteiger partial charge in [0.1, 0.15) is 11.6 Å². The van der Waals surface area contributed by atoms with Crippen molar-refractivity contribution in [2.75, 3.05) is 20.1 Å². The van der Waals surface area contributed by atoms with Crippen molar-refractivity contribution in [1.29, 1.82) is 0 Å². The van der Waals surface area contributed by atoms with Gasteiger partial charge in [-0.15, -0.1) is 0 Å². The molecular weight excluding hydrogens is 359 g/mol. The largest absolute Gasteiger partial charge is 0.370 e. The third kappa shape index (κ3) is 4.68. The van der Waals surface area contributed by atoms with E-state index in [-0.39, 0.29) is 17.6 Å². The van der Waals surface area contributed by atoms with Crippen molar-refractivity contribution >= 4 is 11.9 Å². The van der Waals surface area contributed by atoms with Crippen LogP contribution in [0.1, 0.15) is 30.7 Å². The highest BCUT2D eigenvalue weighted by molar-refractivity contribution is 5.80. The number of likely N-dealkylation sites (tertiary alicyclic amines) is 1. The Morgan fingerprint density at radius 3 is 2.93 bits per heavy atom. The fraction of sp³-hybridized carbons (Fsp3) is 0.450. The highest BCUT2D eigenvalue weighted by Gasteiger charge is 2.23. The predicted molar refractivity (Wildman–Crippen MR) is 107 cm³/mol. The molecule has 1 saturated heterocycles. The van der Waals surface area contributed by atoms with Gasteiger partial charge in [-0.25, -0.2) is 9.37 Å². The molecule has 0 bridgehead atoms. The lowest BCUT2D eigenvalue weighted by atomic mass is 9.95. The van der Waals surface area contributed by atoms with E-state index in [4.69, 9.17) is 5.73 Å². The summed E-state index contributed by atoms with van der Waals surface area (Å²) in [6.07, 6.45) is 5.78. The Hall–Kier alpha value is -2.90. The van der Waals surface area contributed by atoms with E-state index in [1.54, 1.807) is 30.1 Å². The molecule has 2 heterocycles. The van der Waals surface area contributed by atoms with Crippen LogP contribution in [0.3, 0.4) is 0 Å². The number of aromatic nitrogens is 2. The molecule has 28 heavy (non-hydrogen) atoms. The Morgan fingerprint density at radius 1 is 1.46 bits per heavy atom. The van der Waals surface area contributed by atoms with Gasteiger partial charge >= 0.3 is 0 Å². The summed E-state index contributed by atoms with van der Waals surface area (Å²) in [4.78, 5) is 21.8. The maximum atomic E-state index is 14.6. The summed E-state index contributed by atoms with van der Waals surface area (Å²) in [6, 6.07) is 5.18. The number of carbonyl (C=O) groups is 1. The Morgan fingerprint density at radius 2 is 2.29 bits per heavy atom. The summed E-state index contributed by atoms with van der Waals surface area (Å²) in [5.41, 5.74) is 6.64. The first kappa shape index (κ1) is 19.9. The number of aryl methyl sites for hydroxylation is 1. The number of hydrogen-bond acceptors (Lipinski definition) is 3. The molecule has 0 aliphatic carbocycles. The molecule has 0 radical (unpaired) electrons. The van der Waals surface area contributed by atoms with Gasteiger partial charge in [0.2, 0.25) is 5.91 Å². The minimum absolute atomic E-state index is 0.250. The first-order valence-electron chi connectivity index (χ1n) is 9.50. The molecule has 1 fully saturated rings. The van der Waals surface area contributed by atoms with Crippen LogP contribution in [0.2, 0.25) is 0 Å². The van der Waals surface area contributed by atoms with Crippen molar-refractivity contribution in [2.24, 2.45) is 16.6 Å². The maximum Gasteiger partial charge on any atom is 0.217 e. The van der Waals surface area contributed by atoms with Crippen LogP contribution < -0.4 is 11.1 Å². The van der Waals surface area contributed by atoms with Crippen LogP contribution in [-0.2, 0) is 11.3 Å². The van der Waals surface area contributed by atoms with Crippen LogP contribution >= 0.6 is 0 Å². The number of aliphatic imine (C=N–C) groups is 1. The van der Waals surface area contributed by atoms with E-state index in [2.05, 4.69) is 20.2 Å². The topological polar surface area (TPSA) is 88.5 Å². The zero-order valence-electron chi connectivity index (χ0n) is 16.4. The molecule has 1 unspecified atom stereocenters. The number of benzene rings is 1. The number of hydrogen-bond donors (Lipinski definition) is 2. The van der Waals surface area contributed by atoms with Gasteiger partial charge in [0.05, 0.1) is 5.69 Å². The van der Waals surface area contributed by atoms with E-state index in [1.807, 2.05) is 13.0 Å². The van der Waals surface area contributed by atoms with Crippen molar-refractivity contribution in [3.8, 4) is 5.69 Å². The van der Waals surface area contributed by atoms with Gasteiger partial charge in [0.25, 0.3) is 0 Å². The second-order valence-corrected chi connectivity index (χ2v) is 7.16. The van der Waals surface area contributed by atoms with Crippen molar-refractivity contribution < 1.29 is 9.18 Å². The predicted octanol–water partition coefficient (Wildman–Crippen LogP) is 1.98. The second-order valence-electron chi connectivity index (χ2n) is 7.16. The van der Waals surface area contributed by atoms with Crippen molar-refractivity contribution in [3.05, 3.63) is 47.8 Å². The molecule has 2 aromatic rings. The summed E-state index contributed by atoms with van der Waals surface area (Å²) in [5.74, 6) is 1.18. The number of primary amides is 1. The molecule has 3 N–H and O–H groups in total. The lowest BCUT2D eigenvalue weighted by Crippen LogP contribution is -2.46. The quantitative estimate of drug-likeness (QED) is 0.608. The summed E-state index contributed by atoms with van der Waals surface area (Å²) in [5, 5.41) is 3.30. The number of nitrogens with one attached hydrogen (secondary N) is 1. The Balaban J connectivity index is 1.63. The summed E-state index contributed by atoms with van der Waals surface area (Å²) in [6.45, 7) is 3.92. The van der Waals surface area contributed by atoms with E-state index in [9.17, 15) is 9.18 Å². The minimum atomic E-state index is -0.296. The number of piperidine rings is 1. The van der Waals surface area contributed by atoms with Crippen LogP contribution in [0.4, 0.5) is 4.39 Å². The molecule has 1 aliphatic heterocycles. The average molecular weight is 386 g/mol. The molecule has 1 aromatic carbocycles. The maximum absolute atomic E-state index is 14.6. The van der Waals surface area contributed by atoms with Gasteiger partial charge in [0, 0.05) is 45.5 Å². The summed E-state index contributed by atoms with van der Waals surface area (Å²) < 4.78 is 16.3. The van der Waals surface area contributed by atoms with Gasteiger partial charge in [-0.05, 0) is 43.4 Å². The molecule has 1 amide bonds. The second kappa shape index (κ2) is 8.86. The fourth-order valence-electron chi connectivity index (χ4n) is 3.71. The number of nitrogens with zero attached hydrogens (tertiary/aromatic N) is 4. The van der Waals surface area contributed by atoms with Crippen LogP contribution in [0, 0.1) is 18.7 Å². The first-order chi connectivity index (χ1) is 13.5. The van der Waals surface area contributed by atoms with E-state index in [0.29, 0.717) is 18.7 Å². The van der Waals surface area contributed by atoms with Crippen molar-refractivity contribution in [3.63, 3.8) is 0 Å².